The Bertz CT molecular complexity index is 447. The van der Waals surface area contributed by atoms with Crippen LogP contribution in [0.4, 0.5) is 0 Å². The lowest BCUT2D eigenvalue weighted by atomic mass is 10.2. The topological polar surface area (TPSA) is 54.7 Å². The molecule has 5 heteroatoms. The number of hydrogen-bond acceptors (Lipinski definition) is 3. The van der Waals surface area contributed by atoms with Gasteiger partial charge >= 0.3 is 0 Å². The molecule has 2 aromatic rings. The van der Waals surface area contributed by atoms with Crippen LogP contribution >= 0.6 is 22.9 Å². The predicted octanol–water partition coefficient (Wildman–Crippen LogP) is 2.68. The molecule has 0 aromatic carbocycles. The highest BCUT2D eigenvalue weighted by atomic mass is 35.5. The Kier molecular flexibility index (Phi) is 3.09. The first-order valence-corrected chi connectivity index (χ1v) is 5.90. The van der Waals surface area contributed by atoms with Crippen molar-refractivity contribution in [2.24, 2.45) is 5.73 Å². The summed E-state index contributed by atoms with van der Waals surface area (Å²) in [7, 11) is 0. The summed E-state index contributed by atoms with van der Waals surface area (Å²) < 4.78 is 0.786. The molecule has 2 aromatic heterocycles. The number of nitrogens with two attached hydrogens (primary N) is 1. The van der Waals surface area contributed by atoms with Crippen LogP contribution in [0, 0.1) is 0 Å². The number of halogens is 1. The van der Waals surface area contributed by atoms with Crippen molar-refractivity contribution in [2.75, 3.05) is 0 Å². The first kappa shape index (κ1) is 10.7. The van der Waals surface area contributed by atoms with Crippen LogP contribution in [0.1, 0.15) is 12.7 Å². The van der Waals surface area contributed by atoms with Gasteiger partial charge in [-0.25, -0.2) is 4.98 Å². The summed E-state index contributed by atoms with van der Waals surface area (Å²) in [5.41, 5.74) is 6.70. The maximum atomic E-state index is 5.87. The van der Waals surface area contributed by atoms with Gasteiger partial charge in [0.1, 0.15) is 5.82 Å². The smallest absolute Gasteiger partial charge is 0.108 e. The van der Waals surface area contributed by atoms with E-state index in [2.05, 4.69) is 9.97 Å². The molecule has 0 saturated carbocycles. The van der Waals surface area contributed by atoms with Gasteiger partial charge in [-0.15, -0.1) is 11.3 Å². The molecule has 0 aliphatic heterocycles. The van der Waals surface area contributed by atoms with Gasteiger partial charge in [-0.05, 0) is 19.1 Å². The van der Waals surface area contributed by atoms with E-state index in [-0.39, 0.29) is 6.04 Å². The zero-order valence-corrected chi connectivity index (χ0v) is 9.90. The molecule has 3 nitrogen and oxygen atoms in total. The Hall–Kier alpha value is -0.840. The van der Waals surface area contributed by atoms with E-state index in [0.717, 1.165) is 27.2 Å². The minimum absolute atomic E-state index is 0.121. The Morgan fingerprint density at radius 1 is 1.60 bits per heavy atom. The number of thiophene rings is 1. The third-order valence-corrected chi connectivity index (χ3v) is 3.25. The molecule has 0 aliphatic carbocycles. The maximum Gasteiger partial charge on any atom is 0.108 e. The van der Waals surface area contributed by atoms with Crippen LogP contribution in [0.5, 0.6) is 0 Å². The molecule has 2 rings (SSSR count). The van der Waals surface area contributed by atoms with Crippen LogP contribution in [-0.2, 0) is 6.42 Å². The van der Waals surface area contributed by atoms with Gasteiger partial charge in [-0.1, -0.05) is 11.6 Å². The highest BCUT2D eigenvalue weighted by Gasteiger charge is 2.06. The molecule has 0 bridgehead atoms. The third-order valence-electron chi connectivity index (χ3n) is 1.98. The van der Waals surface area contributed by atoms with Crippen LogP contribution in [0.2, 0.25) is 4.34 Å². The lowest BCUT2D eigenvalue weighted by Gasteiger charge is -1.99. The number of rotatable bonds is 3. The normalized spacial score (nSPS) is 13.0. The molecule has 0 amide bonds. The number of nitrogens with one attached hydrogen (secondary N) is 1. The van der Waals surface area contributed by atoms with E-state index in [1.54, 1.807) is 0 Å². The second kappa shape index (κ2) is 4.35. The summed E-state index contributed by atoms with van der Waals surface area (Å²) in [6.45, 7) is 1.96. The predicted molar refractivity (Wildman–Crippen MR) is 64.3 cm³/mol. The molecule has 0 radical (unpaired) electrons. The lowest BCUT2D eigenvalue weighted by Crippen LogP contribution is -2.18. The minimum atomic E-state index is 0.121. The van der Waals surface area contributed by atoms with Crippen molar-refractivity contribution >= 4 is 22.9 Å². The summed E-state index contributed by atoms with van der Waals surface area (Å²) >= 11 is 7.40. The summed E-state index contributed by atoms with van der Waals surface area (Å²) in [4.78, 5) is 8.61. The van der Waals surface area contributed by atoms with Gasteiger partial charge in [-0.2, -0.15) is 0 Å². The Morgan fingerprint density at radius 3 is 3.00 bits per heavy atom. The van der Waals surface area contributed by atoms with E-state index in [0.29, 0.717) is 0 Å². The highest BCUT2D eigenvalue weighted by molar-refractivity contribution is 7.19. The van der Waals surface area contributed by atoms with Crippen LogP contribution in [0.3, 0.4) is 0 Å². The standard InChI is InChI=1S/C10H12ClN3S/c1-6(12)4-10-13-5-7(14-10)8-2-3-9(11)15-8/h2-3,5-6H,4,12H2,1H3,(H,13,14). The van der Waals surface area contributed by atoms with Gasteiger partial charge in [0.25, 0.3) is 0 Å². The second-order valence-corrected chi connectivity index (χ2v) is 5.24. The van der Waals surface area contributed by atoms with Crippen molar-refractivity contribution in [3.05, 3.63) is 28.5 Å². The molecule has 15 heavy (non-hydrogen) atoms. The number of H-pyrrole nitrogens is 1. The zero-order valence-electron chi connectivity index (χ0n) is 8.33. The third kappa shape index (κ3) is 2.59. The van der Waals surface area contributed by atoms with Crippen LogP contribution < -0.4 is 5.73 Å². The second-order valence-electron chi connectivity index (χ2n) is 3.53. The molecular weight excluding hydrogens is 230 g/mol. The lowest BCUT2D eigenvalue weighted by molar-refractivity contribution is 0.710. The first-order chi connectivity index (χ1) is 7.15. The monoisotopic (exact) mass is 241 g/mol. The summed E-state index contributed by atoms with van der Waals surface area (Å²) in [5, 5.41) is 0. The summed E-state index contributed by atoms with van der Waals surface area (Å²) in [5.74, 6) is 0.921. The summed E-state index contributed by atoms with van der Waals surface area (Å²) in [6.07, 6.45) is 2.58. The average Bonchev–Trinajstić information content (AvgIpc) is 2.72. The van der Waals surface area contributed by atoms with Crippen molar-refractivity contribution in [2.45, 2.75) is 19.4 Å². The van der Waals surface area contributed by atoms with Gasteiger partial charge in [0.15, 0.2) is 0 Å². The van der Waals surface area contributed by atoms with Gasteiger partial charge in [0.2, 0.25) is 0 Å². The van der Waals surface area contributed by atoms with E-state index in [9.17, 15) is 0 Å². The average molecular weight is 242 g/mol. The fourth-order valence-electron chi connectivity index (χ4n) is 1.36. The van der Waals surface area contributed by atoms with Crippen molar-refractivity contribution < 1.29 is 0 Å². The van der Waals surface area contributed by atoms with Gasteiger partial charge in [0, 0.05) is 12.5 Å². The molecule has 0 spiro atoms. The summed E-state index contributed by atoms with van der Waals surface area (Å²) in [6, 6.07) is 3.99. The quantitative estimate of drug-likeness (QED) is 0.868. The van der Waals surface area contributed by atoms with E-state index in [1.807, 2.05) is 25.3 Å². The molecule has 80 valence electrons. The number of imidazole rings is 1. The Labute approximate surface area is 97.3 Å². The molecule has 3 N–H and O–H groups in total. The van der Waals surface area contributed by atoms with E-state index < -0.39 is 0 Å². The zero-order chi connectivity index (χ0) is 10.8. The van der Waals surface area contributed by atoms with Crippen LogP contribution in [0.15, 0.2) is 18.3 Å². The molecule has 0 aliphatic rings. The maximum absolute atomic E-state index is 5.87. The van der Waals surface area contributed by atoms with Crippen molar-refractivity contribution in [3.8, 4) is 10.6 Å². The van der Waals surface area contributed by atoms with E-state index in [4.69, 9.17) is 17.3 Å². The first-order valence-electron chi connectivity index (χ1n) is 4.70. The molecular formula is C10H12ClN3S. The molecule has 1 atom stereocenters. The van der Waals surface area contributed by atoms with Crippen LogP contribution in [-0.4, -0.2) is 16.0 Å². The molecule has 0 fully saturated rings. The van der Waals surface area contributed by atoms with E-state index >= 15 is 0 Å². The fraction of sp³-hybridized carbons (Fsp3) is 0.300. The number of aromatic nitrogens is 2. The van der Waals surface area contributed by atoms with Crippen molar-refractivity contribution in [3.63, 3.8) is 0 Å². The van der Waals surface area contributed by atoms with Crippen molar-refractivity contribution in [1.29, 1.82) is 0 Å². The fourth-order valence-corrected chi connectivity index (χ4v) is 2.36. The minimum Gasteiger partial charge on any atom is -0.341 e. The SMILES string of the molecule is CC(N)Cc1ncc(-c2ccc(Cl)s2)[nH]1. The van der Waals surface area contributed by atoms with Gasteiger partial charge < -0.3 is 10.7 Å². The van der Waals surface area contributed by atoms with Gasteiger partial charge in [0.05, 0.1) is 21.1 Å². The largest absolute Gasteiger partial charge is 0.341 e. The highest BCUT2D eigenvalue weighted by Crippen LogP contribution is 2.29. The molecule has 2 heterocycles. The molecule has 1 unspecified atom stereocenters. The van der Waals surface area contributed by atoms with Crippen LogP contribution in [0.25, 0.3) is 10.6 Å². The Morgan fingerprint density at radius 2 is 2.40 bits per heavy atom. The number of hydrogen-bond donors (Lipinski definition) is 2. The Balaban J connectivity index is 2.20. The van der Waals surface area contributed by atoms with E-state index in [1.165, 1.54) is 11.3 Å². The number of nitrogens with zero attached hydrogens (tertiary/aromatic N) is 1. The molecule has 0 saturated heterocycles. The van der Waals surface area contributed by atoms with Gasteiger partial charge in [-0.3, -0.25) is 0 Å². The number of aromatic amines is 1. The van der Waals surface area contributed by atoms with Crippen molar-refractivity contribution in [1.82, 2.24) is 9.97 Å².